The normalized spacial score (nSPS) is 13.4. The Hall–Kier alpha value is -0.900. The molecule has 0 saturated heterocycles. The molecule has 1 rings (SSSR count). The molecule has 0 aliphatic heterocycles. The van der Waals surface area contributed by atoms with E-state index in [0.717, 1.165) is 0 Å². The van der Waals surface area contributed by atoms with Crippen LogP contribution in [0.2, 0.25) is 0 Å². The Morgan fingerprint density at radius 2 is 1.70 bits per heavy atom. The van der Waals surface area contributed by atoms with Crippen molar-refractivity contribution in [2.45, 2.75) is 45.1 Å². The third kappa shape index (κ3) is 6.51. The van der Waals surface area contributed by atoms with E-state index in [-0.39, 0.29) is 11.5 Å². The summed E-state index contributed by atoms with van der Waals surface area (Å²) in [5.74, 6) is 0. The van der Waals surface area contributed by atoms with Crippen LogP contribution < -0.4 is 0 Å². The molecule has 0 bridgehead atoms. The lowest BCUT2D eigenvalue weighted by molar-refractivity contribution is 0.0479. The molecule has 114 valence electrons. The maximum absolute atomic E-state index is 9.98. The van der Waals surface area contributed by atoms with Crippen LogP contribution >= 0.6 is 0 Å². The van der Waals surface area contributed by atoms with E-state index in [2.05, 4.69) is 45.0 Å². The fourth-order valence-electron chi connectivity index (χ4n) is 1.98. The zero-order valence-electron chi connectivity index (χ0n) is 13.2. The average Bonchev–Trinajstić information content (AvgIpc) is 2.38. The van der Waals surface area contributed by atoms with E-state index in [1.807, 2.05) is 0 Å². The van der Waals surface area contributed by atoms with E-state index in [1.165, 1.54) is 11.1 Å². The second-order valence-corrected chi connectivity index (χ2v) is 6.20. The van der Waals surface area contributed by atoms with Crippen LogP contribution in [0.15, 0.2) is 24.3 Å². The summed E-state index contributed by atoms with van der Waals surface area (Å²) in [6.45, 7) is 8.37. The van der Waals surface area contributed by atoms with Crippen molar-refractivity contribution in [1.82, 2.24) is 0 Å². The van der Waals surface area contributed by atoms with Gasteiger partial charge in [0.1, 0.15) is 0 Å². The van der Waals surface area contributed by atoms with Gasteiger partial charge in [-0.05, 0) is 29.4 Å². The molecule has 0 aromatic heterocycles. The molecule has 0 amide bonds. The molecule has 3 nitrogen and oxygen atoms in total. The van der Waals surface area contributed by atoms with Crippen molar-refractivity contribution in [3.63, 3.8) is 0 Å². The van der Waals surface area contributed by atoms with Gasteiger partial charge in [-0.25, -0.2) is 0 Å². The highest BCUT2D eigenvalue weighted by molar-refractivity contribution is 5.27. The summed E-state index contributed by atoms with van der Waals surface area (Å²) in [5.41, 5.74) is 2.66. The summed E-state index contributed by atoms with van der Waals surface area (Å²) in [5, 5.41) is 9.98. The zero-order valence-corrected chi connectivity index (χ0v) is 13.2. The molecule has 0 spiro atoms. The molecule has 3 heteroatoms. The van der Waals surface area contributed by atoms with Gasteiger partial charge in [0.2, 0.25) is 0 Å². The van der Waals surface area contributed by atoms with Gasteiger partial charge in [-0.2, -0.15) is 0 Å². The van der Waals surface area contributed by atoms with Crippen LogP contribution in [-0.4, -0.2) is 38.1 Å². The number of rotatable bonds is 8. The van der Waals surface area contributed by atoms with Gasteiger partial charge < -0.3 is 14.6 Å². The van der Waals surface area contributed by atoms with Gasteiger partial charge in [0.25, 0.3) is 0 Å². The Kier molecular flexibility index (Phi) is 7.20. The van der Waals surface area contributed by atoms with Crippen LogP contribution in [0.5, 0.6) is 0 Å². The molecule has 0 radical (unpaired) electrons. The van der Waals surface area contributed by atoms with E-state index >= 15 is 0 Å². The smallest absolute Gasteiger partial charge is 0.0700 e. The summed E-state index contributed by atoms with van der Waals surface area (Å²) >= 11 is 0. The molecule has 1 atom stereocenters. The monoisotopic (exact) mass is 280 g/mol. The fourth-order valence-corrected chi connectivity index (χ4v) is 1.98. The van der Waals surface area contributed by atoms with Crippen molar-refractivity contribution in [3.8, 4) is 0 Å². The van der Waals surface area contributed by atoms with Crippen LogP contribution in [0.4, 0.5) is 0 Å². The van der Waals surface area contributed by atoms with E-state index in [4.69, 9.17) is 9.47 Å². The number of ether oxygens (including phenoxy) is 2. The van der Waals surface area contributed by atoms with Crippen LogP contribution in [0, 0.1) is 0 Å². The van der Waals surface area contributed by atoms with E-state index in [9.17, 15) is 5.11 Å². The summed E-state index contributed by atoms with van der Waals surface area (Å²) < 4.78 is 10.3. The minimum Gasteiger partial charge on any atom is -0.393 e. The van der Waals surface area contributed by atoms with Gasteiger partial charge in [0, 0.05) is 13.7 Å². The second-order valence-electron chi connectivity index (χ2n) is 6.20. The van der Waals surface area contributed by atoms with Crippen LogP contribution in [-0.2, 0) is 21.3 Å². The standard InChI is InChI=1S/C17H28O3/c1-17(2,3)15-7-5-14(6-8-15)13-16(18)9-10-20-12-11-19-4/h5-8,16,18H,9-13H2,1-4H3. The molecule has 0 aliphatic rings. The predicted octanol–water partition coefficient (Wildman–Crippen LogP) is 2.94. The Morgan fingerprint density at radius 1 is 1.05 bits per heavy atom. The highest BCUT2D eigenvalue weighted by Crippen LogP contribution is 2.22. The molecule has 1 unspecified atom stereocenters. The molecule has 20 heavy (non-hydrogen) atoms. The Morgan fingerprint density at radius 3 is 2.25 bits per heavy atom. The highest BCUT2D eigenvalue weighted by Gasteiger charge is 2.13. The first kappa shape index (κ1) is 17.2. The van der Waals surface area contributed by atoms with Crippen molar-refractivity contribution < 1.29 is 14.6 Å². The lowest BCUT2D eigenvalue weighted by Crippen LogP contribution is -2.15. The van der Waals surface area contributed by atoms with Gasteiger partial charge in [-0.3, -0.25) is 0 Å². The largest absolute Gasteiger partial charge is 0.393 e. The van der Waals surface area contributed by atoms with Crippen molar-refractivity contribution in [1.29, 1.82) is 0 Å². The lowest BCUT2D eigenvalue weighted by atomic mass is 9.86. The Bertz CT molecular complexity index is 365. The first-order valence-electron chi connectivity index (χ1n) is 7.27. The van der Waals surface area contributed by atoms with Crippen molar-refractivity contribution >= 4 is 0 Å². The SMILES string of the molecule is COCCOCCC(O)Cc1ccc(C(C)(C)C)cc1. The average molecular weight is 280 g/mol. The molecule has 1 aromatic carbocycles. The number of hydrogen-bond donors (Lipinski definition) is 1. The van der Waals surface area contributed by atoms with Crippen molar-refractivity contribution in [2.24, 2.45) is 0 Å². The molecule has 1 N–H and O–H groups in total. The summed E-state index contributed by atoms with van der Waals surface area (Å²) in [4.78, 5) is 0. The molecule has 1 aromatic rings. The molecule has 0 aliphatic carbocycles. The van der Waals surface area contributed by atoms with Gasteiger partial charge in [-0.1, -0.05) is 45.0 Å². The lowest BCUT2D eigenvalue weighted by Gasteiger charge is -2.19. The van der Waals surface area contributed by atoms with E-state index in [1.54, 1.807) is 7.11 Å². The summed E-state index contributed by atoms with van der Waals surface area (Å²) in [6.07, 6.45) is 0.987. The van der Waals surface area contributed by atoms with E-state index in [0.29, 0.717) is 32.7 Å². The first-order chi connectivity index (χ1) is 9.43. The van der Waals surface area contributed by atoms with Gasteiger partial charge in [0.15, 0.2) is 0 Å². The number of hydrogen-bond acceptors (Lipinski definition) is 3. The zero-order chi connectivity index (χ0) is 15.0. The second kappa shape index (κ2) is 8.40. The van der Waals surface area contributed by atoms with Crippen molar-refractivity contribution in [3.05, 3.63) is 35.4 Å². The Balaban J connectivity index is 2.33. The predicted molar refractivity (Wildman–Crippen MR) is 82.2 cm³/mol. The molecular formula is C17H28O3. The number of aliphatic hydroxyl groups excluding tert-OH is 1. The fraction of sp³-hybridized carbons (Fsp3) is 0.647. The molecule has 0 heterocycles. The first-order valence-corrected chi connectivity index (χ1v) is 7.27. The van der Waals surface area contributed by atoms with Crippen molar-refractivity contribution in [2.75, 3.05) is 26.9 Å². The number of aliphatic hydroxyl groups is 1. The van der Waals surface area contributed by atoms with Crippen LogP contribution in [0.3, 0.4) is 0 Å². The number of methoxy groups -OCH3 is 1. The van der Waals surface area contributed by atoms with Gasteiger partial charge in [-0.15, -0.1) is 0 Å². The third-order valence-corrected chi connectivity index (χ3v) is 3.32. The van der Waals surface area contributed by atoms with Gasteiger partial charge >= 0.3 is 0 Å². The Labute approximate surface area is 122 Å². The maximum atomic E-state index is 9.98. The highest BCUT2D eigenvalue weighted by atomic mass is 16.5. The summed E-state index contributed by atoms with van der Waals surface area (Å²) in [6, 6.07) is 8.51. The minimum absolute atomic E-state index is 0.173. The topological polar surface area (TPSA) is 38.7 Å². The maximum Gasteiger partial charge on any atom is 0.0700 e. The summed E-state index contributed by atoms with van der Waals surface area (Å²) in [7, 11) is 1.65. The molecule has 0 fully saturated rings. The van der Waals surface area contributed by atoms with Crippen LogP contribution in [0.25, 0.3) is 0 Å². The van der Waals surface area contributed by atoms with E-state index < -0.39 is 0 Å². The molecule has 0 saturated carbocycles. The van der Waals surface area contributed by atoms with Crippen LogP contribution in [0.1, 0.15) is 38.3 Å². The third-order valence-electron chi connectivity index (χ3n) is 3.32. The molecular weight excluding hydrogens is 252 g/mol. The minimum atomic E-state index is -0.349. The van der Waals surface area contributed by atoms with Gasteiger partial charge in [0.05, 0.1) is 19.3 Å². The quantitative estimate of drug-likeness (QED) is 0.744. The number of benzene rings is 1.